The fourth-order valence-corrected chi connectivity index (χ4v) is 1.93. The van der Waals surface area contributed by atoms with Crippen molar-refractivity contribution >= 4 is 0 Å². The van der Waals surface area contributed by atoms with E-state index in [4.69, 9.17) is 5.73 Å². The monoisotopic (exact) mass is 179 g/mol. The molecule has 1 nitrogen and oxygen atoms in total. The van der Waals surface area contributed by atoms with Crippen LogP contribution in [0.1, 0.15) is 24.0 Å². The summed E-state index contributed by atoms with van der Waals surface area (Å²) in [4.78, 5) is 0. The van der Waals surface area contributed by atoms with Gasteiger partial charge in [0, 0.05) is 18.9 Å². The fourth-order valence-electron chi connectivity index (χ4n) is 1.93. The largest absolute Gasteiger partial charge is 0.327 e. The van der Waals surface area contributed by atoms with Gasteiger partial charge in [0.25, 0.3) is 0 Å². The van der Waals surface area contributed by atoms with Gasteiger partial charge < -0.3 is 5.73 Å². The summed E-state index contributed by atoms with van der Waals surface area (Å²) < 4.78 is 14.0. The van der Waals surface area contributed by atoms with E-state index in [1.807, 2.05) is 31.2 Å². The summed E-state index contributed by atoms with van der Waals surface area (Å²) in [5, 5.41) is 0. The Kier molecular flexibility index (Phi) is 1.88. The lowest BCUT2D eigenvalue weighted by atomic mass is 9.73. The van der Waals surface area contributed by atoms with Crippen molar-refractivity contribution in [1.29, 1.82) is 0 Å². The molecule has 1 saturated carbocycles. The molecular weight excluding hydrogens is 165 g/mol. The third-order valence-corrected chi connectivity index (χ3v) is 2.71. The number of alkyl halides is 1. The van der Waals surface area contributed by atoms with Crippen LogP contribution in [0.15, 0.2) is 24.3 Å². The highest BCUT2D eigenvalue weighted by atomic mass is 19.1. The predicted octanol–water partition coefficient (Wildman–Crippen LogP) is 2.28. The van der Waals surface area contributed by atoms with E-state index in [0.29, 0.717) is 12.8 Å². The lowest BCUT2D eigenvalue weighted by molar-refractivity contribution is 0.0405. The molecular formula is C11H14FN. The smallest absolute Gasteiger partial charge is 0.139 e. The quantitative estimate of drug-likeness (QED) is 0.703. The third-order valence-electron chi connectivity index (χ3n) is 2.71. The number of halogens is 1. The second-order valence-corrected chi connectivity index (χ2v) is 4.00. The minimum atomic E-state index is -1.15. The van der Waals surface area contributed by atoms with Crippen LogP contribution in [0.3, 0.4) is 0 Å². The number of nitrogens with two attached hydrogens (primary N) is 1. The minimum absolute atomic E-state index is 0.0468. The zero-order valence-corrected chi connectivity index (χ0v) is 7.76. The van der Waals surface area contributed by atoms with E-state index in [0.717, 1.165) is 11.1 Å². The van der Waals surface area contributed by atoms with Crippen molar-refractivity contribution in [3.63, 3.8) is 0 Å². The molecule has 0 saturated heterocycles. The number of aryl methyl sites for hydroxylation is 1. The second kappa shape index (κ2) is 2.81. The summed E-state index contributed by atoms with van der Waals surface area (Å²) in [7, 11) is 0. The van der Waals surface area contributed by atoms with Gasteiger partial charge in [-0.15, -0.1) is 0 Å². The Labute approximate surface area is 77.8 Å². The number of hydrogen-bond donors (Lipinski definition) is 1. The first-order valence-electron chi connectivity index (χ1n) is 4.62. The lowest BCUT2D eigenvalue weighted by Gasteiger charge is -2.39. The van der Waals surface area contributed by atoms with E-state index in [1.165, 1.54) is 0 Å². The minimum Gasteiger partial charge on any atom is -0.327 e. The fraction of sp³-hybridized carbons (Fsp3) is 0.455. The molecule has 0 spiro atoms. The van der Waals surface area contributed by atoms with Crippen molar-refractivity contribution in [2.24, 2.45) is 5.73 Å². The topological polar surface area (TPSA) is 26.0 Å². The van der Waals surface area contributed by atoms with E-state index in [2.05, 4.69) is 0 Å². The molecule has 0 amide bonds. The van der Waals surface area contributed by atoms with Crippen molar-refractivity contribution in [2.75, 3.05) is 0 Å². The molecule has 2 rings (SSSR count). The summed E-state index contributed by atoms with van der Waals surface area (Å²) in [6.07, 6.45) is 0.937. The molecule has 0 radical (unpaired) electrons. The maximum atomic E-state index is 14.0. The number of hydrogen-bond acceptors (Lipinski definition) is 1. The summed E-state index contributed by atoms with van der Waals surface area (Å²) in [6, 6.07) is 7.68. The van der Waals surface area contributed by atoms with Gasteiger partial charge in [-0.3, -0.25) is 0 Å². The highest BCUT2D eigenvalue weighted by Gasteiger charge is 2.44. The average Bonchev–Trinajstić information content (AvgIpc) is 2.02. The Hall–Kier alpha value is -0.890. The summed E-state index contributed by atoms with van der Waals surface area (Å²) in [6.45, 7) is 1.98. The van der Waals surface area contributed by atoms with Gasteiger partial charge in [0.1, 0.15) is 5.67 Å². The molecule has 0 aromatic heterocycles. The molecule has 0 atom stereocenters. The second-order valence-electron chi connectivity index (χ2n) is 4.00. The Morgan fingerprint density at radius 1 is 1.46 bits per heavy atom. The van der Waals surface area contributed by atoms with Crippen LogP contribution in [0.5, 0.6) is 0 Å². The van der Waals surface area contributed by atoms with Gasteiger partial charge in [0.15, 0.2) is 0 Å². The molecule has 2 heteroatoms. The summed E-state index contributed by atoms with van der Waals surface area (Å²) in [5.74, 6) is 0. The molecule has 2 N–H and O–H groups in total. The lowest BCUT2D eigenvalue weighted by Crippen LogP contribution is -2.46. The first kappa shape index (κ1) is 8.70. The van der Waals surface area contributed by atoms with Crippen LogP contribution < -0.4 is 5.73 Å². The van der Waals surface area contributed by atoms with E-state index in [9.17, 15) is 4.39 Å². The van der Waals surface area contributed by atoms with E-state index in [1.54, 1.807) is 0 Å². The number of rotatable bonds is 1. The average molecular weight is 179 g/mol. The first-order valence-corrected chi connectivity index (χ1v) is 4.62. The third kappa shape index (κ3) is 1.46. The van der Waals surface area contributed by atoms with Crippen LogP contribution >= 0.6 is 0 Å². The SMILES string of the molecule is Cc1cccc(C2(F)CC(N)C2)c1. The van der Waals surface area contributed by atoms with Gasteiger partial charge in [-0.25, -0.2) is 4.39 Å². The van der Waals surface area contributed by atoms with Crippen LogP contribution in [0, 0.1) is 6.92 Å². The van der Waals surface area contributed by atoms with Crippen molar-refractivity contribution < 1.29 is 4.39 Å². The maximum Gasteiger partial charge on any atom is 0.139 e. The van der Waals surface area contributed by atoms with Crippen molar-refractivity contribution in [1.82, 2.24) is 0 Å². The molecule has 1 aliphatic rings. The number of benzene rings is 1. The van der Waals surface area contributed by atoms with E-state index in [-0.39, 0.29) is 6.04 Å². The highest BCUT2D eigenvalue weighted by molar-refractivity contribution is 5.30. The van der Waals surface area contributed by atoms with Gasteiger partial charge in [-0.1, -0.05) is 29.8 Å². The van der Waals surface area contributed by atoms with Gasteiger partial charge >= 0.3 is 0 Å². The van der Waals surface area contributed by atoms with Crippen LogP contribution in [0.2, 0.25) is 0 Å². The highest BCUT2D eigenvalue weighted by Crippen LogP contribution is 2.44. The van der Waals surface area contributed by atoms with Crippen molar-refractivity contribution in [2.45, 2.75) is 31.5 Å². The molecule has 1 aromatic carbocycles. The molecule has 0 unspecified atom stereocenters. The standard InChI is InChI=1S/C11H14FN/c1-8-3-2-4-9(5-8)11(12)6-10(13)7-11/h2-5,10H,6-7,13H2,1H3. The maximum absolute atomic E-state index is 14.0. The molecule has 1 aromatic rings. The van der Waals surface area contributed by atoms with Crippen LogP contribution in [0.25, 0.3) is 0 Å². The van der Waals surface area contributed by atoms with Crippen LogP contribution in [-0.4, -0.2) is 6.04 Å². The Bertz CT molecular complexity index is 316. The molecule has 0 aliphatic heterocycles. The van der Waals surface area contributed by atoms with Crippen LogP contribution in [-0.2, 0) is 5.67 Å². The predicted molar refractivity (Wildman–Crippen MR) is 51.2 cm³/mol. The molecule has 0 heterocycles. The molecule has 1 fully saturated rings. The Balaban J connectivity index is 2.26. The first-order chi connectivity index (χ1) is 6.10. The van der Waals surface area contributed by atoms with Crippen LogP contribution in [0.4, 0.5) is 4.39 Å². The normalized spacial score (nSPS) is 32.7. The Morgan fingerprint density at radius 2 is 2.15 bits per heavy atom. The van der Waals surface area contributed by atoms with E-state index < -0.39 is 5.67 Å². The summed E-state index contributed by atoms with van der Waals surface area (Å²) in [5.41, 5.74) is 6.33. The summed E-state index contributed by atoms with van der Waals surface area (Å²) >= 11 is 0. The molecule has 1 aliphatic carbocycles. The van der Waals surface area contributed by atoms with Crippen molar-refractivity contribution in [3.05, 3.63) is 35.4 Å². The van der Waals surface area contributed by atoms with Gasteiger partial charge in [0.2, 0.25) is 0 Å². The van der Waals surface area contributed by atoms with E-state index >= 15 is 0 Å². The molecule has 13 heavy (non-hydrogen) atoms. The zero-order valence-electron chi connectivity index (χ0n) is 7.76. The van der Waals surface area contributed by atoms with Gasteiger partial charge in [-0.05, 0) is 12.5 Å². The van der Waals surface area contributed by atoms with Crippen molar-refractivity contribution in [3.8, 4) is 0 Å². The molecule has 70 valence electrons. The Morgan fingerprint density at radius 3 is 2.69 bits per heavy atom. The molecule has 0 bridgehead atoms. The van der Waals surface area contributed by atoms with Gasteiger partial charge in [-0.2, -0.15) is 0 Å². The zero-order chi connectivity index (χ0) is 9.47. The van der Waals surface area contributed by atoms with Gasteiger partial charge in [0.05, 0.1) is 0 Å².